The molecule has 1 rings (SSSR count). The van der Waals surface area contributed by atoms with Crippen molar-refractivity contribution < 1.29 is 0 Å². The van der Waals surface area contributed by atoms with Crippen molar-refractivity contribution in [2.75, 3.05) is 14.1 Å². The van der Waals surface area contributed by atoms with Gasteiger partial charge in [-0.2, -0.15) is 0 Å². The smallest absolute Gasteiger partial charge is 0.103 e. The van der Waals surface area contributed by atoms with E-state index in [1.54, 1.807) is 0 Å². The summed E-state index contributed by atoms with van der Waals surface area (Å²) in [5.74, 6) is 0. The maximum Gasteiger partial charge on any atom is 0.103 e. The molecule has 0 spiro atoms. The molecule has 0 N–H and O–H groups in total. The van der Waals surface area contributed by atoms with Gasteiger partial charge in [0.25, 0.3) is 0 Å². The molecule has 0 aliphatic rings. The van der Waals surface area contributed by atoms with Gasteiger partial charge in [0, 0.05) is 19.5 Å². The average Bonchev–Trinajstić information content (AvgIpc) is 2.36. The van der Waals surface area contributed by atoms with Crippen LogP contribution in [0.5, 0.6) is 0 Å². The fourth-order valence-electron chi connectivity index (χ4n) is 1.06. The molecule has 1 aromatic rings. The van der Waals surface area contributed by atoms with Crippen LogP contribution in [0.15, 0.2) is 6.33 Å². The zero-order valence-corrected chi connectivity index (χ0v) is 10.7. The van der Waals surface area contributed by atoms with Crippen molar-refractivity contribution >= 4 is 22.6 Å². The number of hydrogen-bond donors (Lipinski definition) is 0. The number of likely N-dealkylation sites (N-methyl/N-ethyl adjacent to an activating group) is 1. The molecule has 74 valence electrons. The number of imidazole rings is 1. The van der Waals surface area contributed by atoms with Gasteiger partial charge in [-0.05, 0) is 43.6 Å². The average molecular weight is 293 g/mol. The van der Waals surface area contributed by atoms with Crippen LogP contribution in [-0.4, -0.2) is 34.6 Å². The summed E-state index contributed by atoms with van der Waals surface area (Å²) < 4.78 is 3.30. The van der Waals surface area contributed by atoms with Crippen molar-refractivity contribution in [3.63, 3.8) is 0 Å². The highest BCUT2D eigenvalue weighted by molar-refractivity contribution is 14.1. The number of aryl methyl sites for hydroxylation is 1. The Bertz CT molecular complexity index is 280. The first-order chi connectivity index (χ1) is 6.02. The standard InChI is InChI=1S/C9H16IN3/c1-7(12(2)3)5-8-9(10)13(4)6-11-8/h6-7H,5H2,1-4H3/t7-/m1/s1. The fraction of sp³-hybridized carbons (Fsp3) is 0.667. The number of halogens is 1. The normalized spacial score (nSPS) is 13.7. The summed E-state index contributed by atoms with van der Waals surface area (Å²) in [6.45, 7) is 2.21. The van der Waals surface area contributed by atoms with Gasteiger partial charge in [0.1, 0.15) is 3.70 Å². The van der Waals surface area contributed by atoms with Gasteiger partial charge in [0.15, 0.2) is 0 Å². The molecule has 0 bridgehead atoms. The zero-order valence-electron chi connectivity index (χ0n) is 8.58. The maximum absolute atomic E-state index is 4.37. The second-order valence-corrected chi connectivity index (χ2v) is 4.63. The van der Waals surface area contributed by atoms with E-state index < -0.39 is 0 Å². The van der Waals surface area contributed by atoms with E-state index in [1.807, 2.05) is 13.4 Å². The second-order valence-electron chi connectivity index (χ2n) is 3.61. The predicted molar refractivity (Wildman–Crippen MR) is 62.8 cm³/mol. The predicted octanol–water partition coefficient (Wildman–Crippen LogP) is 1.52. The molecule has 1 atom stereocenters. The number of nitrogens with zero attached hydrogens (tertiary/aromatic N) is 3. The molecule has 0 saturated carbocycles. The Kier molecular flexibility index (Phi) is 3.73. The summed E-state index contributed by atoms with van der Waals surface area (Å²) in [6, 6.07) is 0.545. The molecule has 3 nitrogen and oxygen atoms in total. The van der Waals surface area contributed by atoms with Crippen LogP contribution in [0, 0.1) is 3.70 Å². The van der Waals surface area contributed by atoms with Gasteiger partial charge in [-0.3, -0.25) is 0 Å². The van der Waals surface area contributed by atoms with Crippen LogP contribution in [-0.2, 0) is 13.5 Å². The summed E-state index contributed by atoms with van der Waals surface area (Å²) in [7, 11) is 6.22. The molecule has 13 heavy (non-hydrogen) atoms. The molecule has 0 amide bonds. The summed E-state index contributed by atoms with van der Waals surface area (Å²) in [5.41, 5.74) is 1.20. The molecule has 1 aromatic heterocycles. The molecule has 0 unspecified atom stereocenters. The monoisotopic (exact) mass is 293 g/mol. The first-order valence-electron chi connectivity index (χ1n) is 4.34. The highest BCUT2D eigenvalue weighted by Crippen LogP contribution is 2.12. The lowest BCUT2D eigenvalue weighted by Gasteiger charge is -2.18. The van der Waals surface area contributed by atoms with E-state index in [9.17, 15) is 0 Å². The van der Waals surface area contributed by atoms with Crippen LogP contribution in [0.4, 0.5) is 0 Å². The van der Waals surface area contributed by atoms with Crippen molar-refractivity contribution in [3.8, 4) is 0 Å². The molecule has 0 saturated heterocycles. The quantitative estimate of drug-likeness (QED) is 0.788. The molecule has 0 aromatic carbocycles. The van der Waals surface area contributed by atoms with Crippen LogP contribution in [0.3, 0.4) is 0 Å². The van der Waals surface area contributed by atoms with Gasteiger partial charge in [-0.1, -0.05) is 0 Å². The van der Waals surface area contributed by atoms with Crippen molar-refractivity contribution in [2.45, 2.75) is 19.4 Å². The lowest BCUT2D eigenvalue weighted by Crippen LogP contribution is -2.27. The van der Waals surface area contributed by atoms with Crippen LogP contribution >= 0.6 is 22.6 Å². The number of rotatable bonds is 3. The Morgan fingerprint density at radius 3 is 2.62 bits per heavy atom. The number of hydrogen-bond acceptors (Lipinski definition) is 2. The van der Waals surface area contributed by atoms with Crippen molar-refractivity contribution in [2.24, 2.45) is 7.05 Å². The van der Waals surface area contributed by atoms with E-state index in [-0.39, 0.29) is 0 Å². The molecule has 1 heterocycles. The van der Waals surface area contributed by atoms with Crippen LogP contribution in [0.2, 0.25) is 0 Å². The Balaban J connectivity index is 2.69. The van der Waals surface area contributed by atoms with Gasteiger partial charge >= 0.3 is 0 Å². The van der Waals surface area contributed by atoms with E-state index in [1.165, 1.54) is 9.39 Å². The van der Waals surface area contributed by atoms with Gasteiger partial charge in [0.05, 0.1) is 12.0 Å². The summed E-state index contributed by atoms with van der Waals surface area (Å²) >= 11 is 2.34. The van der Waals surface area contributed by atoms with Crippen molar-refractivity contribution in [1.29, 1.82) is 0 Å². The van der Waals surface area contributed by atoms with Gasteiger partial charge in [-0.25, -0.2) is 4.98 Å². The molecular formula is C9H16IN3. The highest BCUT2D eigenvalue weighted by atomic mass is 127. The second kappa shape index (κ2) is 4.41. The van der Waals surface area contributed by atoms with E-state index in [4.69, 9.17) is 0 Å². The zero-order chi connectivity index (χ0) is 10.0. The van der Waals surface area contributed by atoms with E-state index in [2.05, 4.69) is 58.1 Å². The molecule has 0 aliphatic heterocycles. The number of aromatic nitrogens is 2. The molecule has 4 heteroatoms. The van der Waals surface area contributed by atoms with Gasteiger partial charge < -0.3 is 9.47 Å². The molecular weight excluding hydrogens is 277 g/mol. The lowest BCUT2D eigenvalue weighted by molar-refractivity contribution is 0.310. The minimum absolute atomic E-state index is 0.545. The van der Waals surface area contributed by atoms with E-state index >= 15 is 0 Å². The van der Waals surface area contributed by atoms with Gasteiger partial charge in [-0.15, -0.1) is 0 Å². The third-order valence-corrected chi connectivity index (χ3v) is 3.69. The summed E-state index contributed by atoms with van der Waals surface area (Å²) in [4.78, 5) is 6.58. The van der Waals surface area contributed by atoms with Crippen LogP contribution in [0.25, 0.3) is 0 Å². The maximum atomic E-state index is 4.37. The molecule has 0 radical (unpaired) electrons. The van der Waals surface area contributed by atoms with Crippen molar-refractivity contribution in [3.05, 3.63) is 15.7 Å². The topological polar surface area (TPSA) is 21.1 Å². The third-order valence-electron chi connectivity index (χ3n) is 2.30. The van der Waals surface area contributed by atoms with E-state index in [0.717, 1.165) is 6.42 Å². The minimum atomic E-state index is 0.545. The van der Waals surface area contributed by atoms with E-state index in [0.29, 0.717) is 6.04 Å². The first kappa shape index (κ1) is 11.0. The Morgan fingerprint density at radius 2 is 2.23 bits per heavy atom. The van der Waals surface area contributed by atoms with Crippen LogP contribution in [0.1, 0.15) is 12.6 Å². The first-order valence-corrected chi connectivity index (χ1v) is 5.42. The van der Waals surface area contributed by atoms with Crippen molar-refractivity contribution in [1.82, 2.24) is 14.5 Å². The lowest BCUT2D eigenvalue weighted by atomic mass is 10.2. The molecule has 0 aliphatic carbocycles. The Morgan fingerprint density at radius 1 is 1.62 bits per heavy atom. The SMILES string of the molecule is C[C@H](Cc1ncn(C)c1I)N(C)C. The fourth-order valence-corrected chi connectivity index (χ4v) is 1.55. The summed E-state index contributed by atoms with van der Waals surface area (Å²) in [5, 5.41) is 0. The molecule has 0 fully saturated rings. The highest BCUT2D eigenvalue weighted by Gasteiger charge is 2.11. The minimum Gasteiger partial charge on any atom is -0.329 e. The van der Waals surface area contributed by atoms with Crippen LogP contribution < -0.4 is 0 Å². The Hall–Kier alpha value is -0.100. The van der Waals surface area contributed by atoms with Gasteiger partial charge in [0.2, 0.25) is 0 Å². The summed E-state index contributed by atoms with van der Waals surface area (Å²) in [6.07, 6.45) is 2.89. The third kappa shape index (κ3) is 2.67. The Labute approximate surface area is 93.3 Å². The largest absolute Gasteiger partial charge is 0.329 e.